The maximum Gasteiger partial charge on any atom is 0.134 e. The van der Waals surface area contributed by atoms with Crippen molar-refractivity contribution in [1.29, 1.82) is 0 Å². The first-order valence-electron chi connectivity index (χ1n) is 6.74. The molecule has 1 aromatic heterocycles. The van der Waals surface area contributed by atoms with Gasteiger partial charge in [0.2, 0.25) is 0 Å². The highest BCUT2D eigenvalue weighted by Gasteiger charge is 2.07. The van der Waals surface area contributed by atoms with E-state index in [0.29, 0.717) is 0 Å². The lowest BCUT2D eigenvalue weighted by Crippen LogP contribution is -1.96. The number of nitrogens with one attached hydrogen (secondary N) is 1. The summed E-state index contributed by atoms with van der Waals surface area (Å²) in [7, 11) is 1.65. The molecule has 4 nitrogen and oxygen atoms in total. The lowest BCUT2D eigenvalue weighted by molar-refractivity contribution is 0.416. The molecule has 0 saturated carbocycles. The maximum absolute atomic E-state index is 5.39. The Morgan fingerprint density at radius 3 is 2.68 bits per heavy atom. The Kier molecular flexibility index (Phi) is 4.34. The fourth-order valence-electron chi connectivity index (χ4n) is 2.14. The van der Waals surface area contributed by atoms with Gasteiger partial charge in [0, 0.05) is 21.8 Å². The fourth-order valence-corrected chi connectivity index (χ4v) is 2.54. The van der Waals surface area contributed by atoms with Crippen LogP contribution in [0.25, 0.3) is 11.3 Å². The summed E-state index contributed by atoms with van der Waals surface area (Å²) in [5.41, 5.74) is 2.70. The van der Waals surface area contributed by atoms with Crippen LogP contribution >= 0.6 is 15.9 Å². The van der Waals surface area contributed by atoms with Crippen molar-refractivity contribution in [1.82, 2.24) is 9.97 Å². The zero-order valence-electron chi connectivity index (χ0n) is 12.0. The molecule has 0 aliphatic rings. The van der Waals surface area contributed by atoms with Crippen molar-refractivity contribution in [3.8, 4) is 17.0 Å². The Bertz CT molecular complexity index is 792. The molecule has 0 spiro atoms. The van der Waals surface area contributed by atoms with Crippen molar-refractivity contribution in [3.63, 3.8) is 0 Å². The number of hydrogen-bond acceptors (Lipinski definition) is 4. The molecular weight excluding hydrogens is 342 g/mol. The Labute approximate surface area is 137 Å². The molecule has 1 N–H and O–H groups in total. The van der Waals surface area contributed by atoms with Crippen molar-refractivity contribution in [2.24, 2.45) is 0 Å². The molecule has 0 fully saturated rings. The third-order valence-electron chi connectivity index (χ3n) is 3.15. The normalized spacial score (nSPS) is 10.3. The first-order chi connectivity index (χ1) is 10.8. The van der Waals surface area contributed by atoms with Crippen molar-refractivity contribution >= 4 is 27.4 Å². The molecule has 0 saturated heterocycles. The molecule has 0 unspecified atom stereocenters. The van der Waals surface area contributed by atoms with Crippen LogP contribution in [0.2, 0.25) is 0 Å². The summed E-state index contributed by atoms with van der Waals surface area (Å²) in [6.07, 6.45) is 1.54. The monoisotopic (exact) mass is 355 g/mol. The second-order valence-electron chi connectivity index (χ2n) is 4.62. The quantitative estimate of drug-likeness (QED) is 0.739. The van der Waals surface area contributed by atoms with E-state index < -0.39 is 0 Å². The van der Waals surface area contributed by atoms with Crippen molar-refractivity contribution in [2.75, 3.05) is 12.4 Å². The molecule has 3 rings (SSSR count). The Balaban J connectivity index is 1.93. The SMILES string of the molecule is COc1ccccc1-c1cc(Nc2cccc(Br)c2)ncn1. The van der Waals surface area contributed by atoms with Crippen molar-refractivity contribution in [2.45, 2.75) is 0 Å². The smallest absolute Gasteiger partial charge is 0.134 e. The Hall–Kier alpha value is -2.40. The second kappa shape index (κ2) is 6.58. The summed E-state index contributed by atoms with van der Waals surface area (Å²) in [5, 5.41) is 3.27. The largest absolute Gasteiger partial charge is 0.496 e. The minimum atomic E-state index is 0.731. The van der Waals surface area contributed by atoms with Gasteiger partial charge in [-0.05, 0) is 30.3 Å². The van der Waals surface area contributed by atoms with E-state index in [0.717, 1.165) is 33.0 Å². The predicted molar refractivity (Wildman–Crippen MR) is 91.4 cm³/mol. The first-order valence-corrected chi connectivity index (χ1v) is 7.53. The number of methoxy groups -OCH3 is 1. The number of nitrogens with zero attached hydrogens (tertiary/aromatic N) is 2. The molecule has 0 radical (unpaired) electrons. The van der Waals surface area contributed by atoms with E-state index in [4.69, 9.17) is 4.74 Å². The van der Waals surface area contributed by atoms with E-state index in [9.17, 15) is 0 Å². The highest BCUT2D eigenvalue weighted by Crippen LogP contribution is 2.29. The minimum Gasteiger partial charge on any atom is -0.496 e. The molecule has 5 heteroatoms. The molecule has 2 aromatic carbocycles. The van der Waals surface area contributed by atoms with Crippen LogP contribution in [0.1, 0.15) is 0 Å². The van der Waals surface area contributed by atoms with E-state index >= 15 is 0 Å². The van der Waals surface area contributed by atoms with Gasteiger partial charge in [0.25, 0.3) is 0 Å². The molecule has 110 valence electrons. The standard InChI is InChI=1S/C17H14BrN3O/c1-22-16-8-3-2-7-14(16)15-10-17(20-11-19-15)21-13-6-4-5-12(18)9-13/h2-11H,1H3,(H,19,20,21). The zero-order chi connectivity index (χ0) is 15.4. The fraction of sp³-hybridized carbons (Fsp3) is 0.0588. The summed E-state index contributed by atoms with van der Waals surface area (Å²) in [6.45, 7) is 0. The molecule has 0 aliphatic heterocycles. The first kappa shape index (κ1) is 14.5. The Morgan fingerprint density at radius 2 is 1.86 bits per heavy atom. The number of anilines is 2. The number of ether oxygens (including phenoxy) is 1. The number of rotatable bonds is 4. The zero-order valence-corrected chi connectivity index (χ0v) is 13.5. The molecular formula is C17H14BrN3O. The van der Waals surface area contributed by atoms with Crippen LogP contribution in [0.15, 0.2) is 65.4 Å². The van der Waals surface area contributed by atoms with Gasteiger partial charge in [-0.25, -0.2) is 9.97 Å². The average Bonchev–Trinajstić information content (AvgIpc) is 2.55. The van der Waals surface area contributed by atoms with Gasteiger partial charge in [0.05, 0.1) is 12.8 Å². The summed E-state index contributed by atoms with van der Waals surface area (Å²) in [5.74, 6) is 1.52. The molecule has 0 atom stereocenters. The van der Waals surface area contributed by atoms with Gasteiger partial charge in [0.1, 0.15) is 17.9 Å². The topological polar surface area (TPSA) is 47.0 Å². The highest BCUT2D eigenvalue weighted by atomic mass is 79.9. The highest BCUT2D eigenvalue weighted by molar-refractivity contribution is 9.10. The number of benzene rings is 2. The van der Waals surface area contributed by atoms with Gasteiger partial charge in [-0.2, -0.15) is 0 Å². The van der Waals surface area contributed by atoms with Gasteiger partial charge in [0.15, 0.2) is 0 Å². The number of hydrogen-bond donors (Lipinski definition) is 1. The van der Waals surface area contributed by atoms with E-state index in [1.54, 1.807) is 13.4 Å². The molecule has 3 aromatic rings. The van der Waals surface area contributed by atoms with Crippen LogP contribution in [-0.4, -0.2) is 17.1 Å². The van der Waals surface area contributed by atoms with Crippen molar-refractivity contribution in [3.05, 3.63) is 65.4 Å². The molecule has 22 heavy (non-hydrogen) atoms. The van der Waals surface area contributed by atoms with Crippen LogP contribution in [0, 0.1) is 0 Å². The van der Waals surface area contributed by atoms with E-state index in [1.165, 1.54) is 0 Å². The maximum atomic E-state index is 5.39. The van der Waals surface area contributed by atoms with Gasteiger partial charge >= 0.3 is 0 Å². The third-order valence-corrected chi connectivity index (χ3v) is 3.64. The van der Waals surface area contributed by atoms with Crippen LogP contribution in [0.3, 0.4) is 0 Å². The van der Waals surface area contributed by atoms with Crippen LogP contribution < -0.4 is 10.1 Å². The van der Waals surface area contributed by atoms with Gasteiger partial charge in [-0.1, -0.05) is 34.1 Å². The van der Waals surface area contributed by atoms with Gasteiger partial charge < -0.3 is 10.1 Å². The molecule has 0 bridgehead atoms. The predicted octanol–water partition coefficient (Wildman–Crippen LogP) is 4.66. The number of aromatic nitrogens is 2. The van der Waals surface area contributed by atoms with Crippen molar-refractivity contribution < 1.29 is 4.74 Å². The van der Waals surface area contributed by atoms with Crippen LogP contribution in [-0.2, 0) is 0 Å². The van der Waals surface area contributed by atoms with Gasteiger partial charge in [-0.3, -0.25) is 0 Å². The molecule has 0 amide bonds. The van der Waals surface area contributed by atoms with Gasteiger partial charge in [-0.15, -0.1) is 0 Å². The van der Waals surface area contributed by atoms with E-state index in [2.05, 4.69) is 31.2 Å². The van der Waals surface area contributed by atoms with Crippen LogP contribution in [0.5, 0.6) is 5.75 Å². The summed E-state index contributed by atoms with van der Waals surface area (Å²) in [4.78, 5) is 8.60. The second-order valence-corrected chi connectivity index (χ2v) is 5.54. The Morgan fingerprint density at radius 1 is 1.00 bits per heavy atom. The van der Waals surface area contributed by atoms with Crippen LogP contribution in [0.4, 0.5) is 11.5 Å². The summed E-state index contributed by atoms with van der Waals surface area (Å²) >= 11 is 3.46. The number of halogens is 1. The lowest BCUT2D eigenvalue weighted by atomic mass is 10.1. The minimum absolute atomic E-state index is 0.731. The lowest BCUT2D eigenvalue weighted by Gasteiger charge is -2.10. The number of para-hydroxylation sites is 1. The average molecular weight is 356 g/mol. The van der Waals surface area contributed by atoms with E-state index in [1.807, 2.05) is 54.6 Å². The third kappa shape index (κ3) is 3.26. The van der Waals surface area contributed by atoms with E-state index in [-0.39, 0.29) is 0 Å². The summed E-state index contributed by atoms with van der Waals surface area (Å²) in [6, 6.07) is 17.6. The molecule has 0 aliphatic carbocycles. The molecule has 1 heterocycles. The summed E-state index contributed by atoms with van der Waals surface area (Å²) < 4.78 is 6.40.